The highest BCUT2D eigenvalue weighted by atomic mass is 16.2. The normalized spacial score (nSPS) is 21.6. The summed E-state index contributed by atoms with van der Waals surface area (Å²) in [4.78, 5) is 38.2. The molecule has 1 aromatic heterocycles. The van der Waals surface area contributed by atoms with Gasteiger partial charge in [0.2, 0.25) is 11.8 Å². The van der Waals surface area contributed by atoms with Crippen molar-refractivity contribution in [3.8, 4) is 0 Å². The molecule has 4 heterocycles. The number of anilines is 1. The molecule has 0 radical (unpaired) electrons. The topological polar surface area (TPSA) is 60.0 Å². The van der Waals surface area contributed by atoms with Gasteiger partial charge < -0.3 is 19.6 Å². The summed E-state index contributed by atoms with van der Waals surface area (Å²) >= 11 is 0. The van der Waals surface area contributed by atoms with E-state index in [4.69, 9.17) is 0 Å². The fourth-order valence-electron chi connectivity index (χ4n) is 4.74. The quantitative estimate of drug-likeness (QED) is 0.750. The van der Waals surface area contributed by atoms with Gasteiger partial charge in [-0.05, 0) is 50.9 Å². The van der Waals surface area contributed by atoms with Crippen LogP contribution in [0.4, 0.5) is 5.82 Å². The molecule has 2 amide bonds. The van der Waals surface area contributed by atoms with E-state index in [0.29, 0.717) is 12.3 Å². The molecule has 158 valence electrons. The Bertz CT molecular complexity index is 676. The van der Waals surface area contributed by atoms with Crippen molar-refractivity contribution in [3.05, 3.63) is 24.4 Å². The number of hydrogen-bond donors (Lipinski definition) is 0. The Hall–Kier alpha value is -2.15. The number of piperidine rings is 1. The van der Waals surface area contributed by atoms with Crippen molar-refractivity contribution in [2.75, 3.05) is 63.8 Å². The van der Waals surface area contributed by atoms with Gasteiger partial charge in [0, 0.05) is 64.3 Å². The maximum absolute atomic E-state index is 12.6. The van der Waals surface area contributed by atoms with Gasteiger partial charge >= 0.3 is 0 Å². The smallest absolute Gasteiger partial charge is 0.225 e. The Balaban J connectivity index is 1.15. The van der Waals surface area contributed by atoms with Crippen molar-refractivity contribution in [3.63, 3.8) is 0 Å². The molecule has 3 aliphatic rings. The monoisotopic (exact) mass is 399 g/mol. The van der Waals surface area contributed by atoms with Crippen LogP contribution in [0.3, 0.4) is 0 Å². The first-order valence-electron chi connectivity index (χ1n) is 11.2. The van der Waals surface area contributed by atoms with Crippen LogP contribution in [0.15, 0.2) is 24.4 Å². The van der Waals surface area contributed by atoms with Crippen molar-refractivity contribution < 1.29 is 9.59 Å². The third-order valence-electron chi connectivity index (χ3n) is 6.60. The van der Waals surface area contributed by atoms with E-state index in [1.54, 1.807) is 0 Å². The van der Waals surface area contributed by atoms with Crippen molar-refractivity contribution >= 4 is 17.6 Å². The highest BCUT2D eigenvalue weighted by molar-refractivity contribution is 5.79. The van der Waals surface area contributed by atoms with E-state index < -0.39 is 0 Å². The first-order chi connectivity index (χ1) is 14.2. The van der Waals surface area contributed by atoms with Crippen molar-refractivity contribution in [2.24, 2.45) is 5.92 Å². The Labute approximate surface area is 173 Å². The molecule has 1 aromatic rings. The van der Waals surface area contributed by atoms with Gasteiger partial charge in [-0.15, -0.1) is 0 Å². The van der Waals surface area contributed by atoms with E-state index in [0.717, 1.165) is 90.4 Å². The van der Waals surface area contributed by atoms with Crippen LogP contribution in [0.2, 0.25) is 0 Å². The van der Waals surface area contributed by atoms with Crippen molar-refractivity contribution in [1.29, 1.82) is 0 Å². The standard InChI is InChI=1S/C22H33N5O2/c28-21(26-17-15-25(16-18-26)20-5-1-2-9-23-20)8-14-24-12-6-19(7-13-24)22(29)27-10-3-4-11-27/h1-2,5,9,19H,3-4,6-8,10-18H2. The predicted molar refractivity (Wildman–Crippen MR) is 113 cm³/mol. The lowest BCUT2D eigenvalue weighted by atomic mass is 9.95. The lowest BCUT2D eigenvalue weighted by molar-refractivity contribution is -0.136. The first-order valence-corrected chi connectivity index (χ1v) is 11.2. The van der Waals surface area contributed by atoms with E-state index >= 15 is 0 Å². The van der Waals surface area contributed by atoms with Gasteiger partial charge in [0.15, 0.2) is 0 Å². The van der Waals surface area contributed by atoms with E-state index in [1.165, 1.54) is 0 Å². The van der Waals surface area contributed by atoms with Gasteiger partial charge in [-0.2, -0.15) is 0 Å². The van der Waals surface area contributed by atoms with E-state index in [9.17, 15) is 9.59 Å². The van der Waals surface area contributed by atoms with Gasteiger partial charge in [0.05, 0.1) is 0 Å². The van der Waals surface area contributed by atoms with Crippen LogP contribution < -0.4 is 4.90 Å². The summed E-state index contributed by atoms with van der Waals surface area (Å²) in [6, 6.07) is 5.95. The summed E-state index contributed by atoms with van der Waals surface area (Å²) in [7, 11) is 0. The van der Waals surface area contributed by atoms with Gasteiger partial charge in [0.25, 0.3) is 0 Å². The largest absolute Gasteiger partial charge is 0.353 e. The second kappa shape index (κ2) is 9.57. The molecule has 0 unspecified atom stereocenters. The number of rotatable bonds is 5. The fourth-order valence-corrected chi connectivity index (χ4v) is 4.74. The lowest BCUT2D eigenvalue weighted by Crippen LogP contribution is -2.49. The molecule has 0 saturated carbocycles. The molecule has 4 rings (SSSR count). The highest BCUT2D eigenvalue weighted by Gasteiger charge is 2.30. The van der Waals surface area contributed by atoms with Crippen LogP contribution in [0, 0.1) is 5.92 Å². The van der Waals surface area contributed by atoms with Crippen molar-refractivity contribution in [2.45, 2.75) is 32.1 Å². The number of carbonyl (C=O) groups is 2. The molecule has 0 aliphatic carbocycles. The average molecular weight is 400 g/mol. The zero-order valence-electron chi connectivity index (χ0n) is 17.3. The molecular weight excluding hydrogens is 366 g/mol. The summed E-state index contributed by atoms with van der Waals surface area (Å²) in [6.45, 7) is 7.78. The third-order valence-corrected chi connectivity index (χ3v) is 6.60. The minimum absolute atomic E-state index is 0.194. The molecule has 0 N–H and O–H groups in total. The number of nitrogens with zero attached hydrogens (tertiary/aromatic N) is 5. The molecule has 3 saturated heterocycles. The van der Waals surface area contributed by atoms with E-state index in [1.807, 2.05) is 29.3 Å². The van der Waals surface area contributed by atoms with Gasteiger partial charge in [0.1, 0.15) is 5.82 Å². The number of likely N-dealkylation sites (tertiary alicyclic amines) is 2. The maximum atomic E-state index is 12.6. The number of piperazine rings is 1. The molecule has 3 fully saturated rings. The fraction of sp³-hybridized carbons (Fsp3) is 0.682. The second-order valence-electron chi connectivity index (χ2n) is 8.45. The maximum Gasteiger partial charge on any atom is 0.225 e. The summed E-state index contributed by atoms with van der Waals surface area (Å²) < 4.78 is 0. The molecule has 0 atom stereocenters. The van der Waals surface area contributed by atoms with Gasteiger partial charge in [-0.25, -0.2) is 4.98 Å². The van der Waals surface area contributed by atoms with E-state index in [2.05, 4.69) is 19.7 Å². The zero-order valence-corrected chi connectivity index (χ0v) is 17.3. The lowest BCUT2D eigenvalue weighted by Gasteiger charge is -2.36. The average Bonchev–Trinajstić information content (AvgIpc) is 3.33. The van der Waals surface area contributed by atoms with Crippen LogP contribution in [0.1, 0.15) is 32.1 Å². The second-order valence-corrected chi connectivity index (χ2v) is 8.45. The highest BCUT2D eigenvalue weighted by Crippen LogP contribution is 2.22. The minimum Gasteiger partial charge on any atom is -0.353 e. The number of carbonyl (C=O) groups excluding carboxylic acids is 2. The molecule has 7 heteroatoms. The third kappa shape index (κ3) is 5.07. The van der Waals surface area contributed by atoms with Crippen LogP contribution in [0.25, 0.3) is 0 Å². The van der Waals surface area contributed by atoms with E-state index in [-0.39, 0.29) is 11.8 Å². The predicted octanol–water partition coefficient (Wildman–Crippen LogP) is 1.45. The summed E-state index contributed by atoms with van der Waals surface area (Å²) in [6.07, 6.45) is 6.58. The van der Waals surface area contributed by atoms with Crippen LogP contribution in [0.5, 0.6) is 0 Å². The molecule has 29 heavy (non-hydrogen) atoms. The van der Waals surface area contributed by atoms with Crippen LogP contribution in [-0.2, 0) is 9.59 Å². The van der Waals surface area contributed by atoms with Crippen LogP contribution >= 0.6 is 0 Å². The number of pyridine rings is 1. The summed E-state index contributed by atoms with van der Waals surface area (Å²) in [5.41, 5.74) is 0. The zero-order chi connectivity index (χ0) is 20.1. The van der Waals surface area contributed by atoms with Gasteiger partial charge in [-0.3, -0.25) is 9.59 Å². The minimum atomic E-state index is 0.194. The Kier molecular flexibility index (Phi) is 6.64. The number of amides is 2. The Morgan fingerprint density at radius 1 is 0.897 bits per heavy atom. The summed E-state index contributed by atoms with van der Waals surface area (Å²) in [5.74, 6) is 1.80. The molecule has 3 aliphatic heterocycles. The number of hydrogen-bond acceptors (Lipinski definition) is 5. The molecule has 0 bridgehead atoms. The Morgan fingerprint density at radius 3 is 2.28 bits per heavy atom. The SMILES string of the molecule is O=C(CCN1CCC(C(=O)N2CCCC2)CC1)N1CCN(c2ccccn2)CC1. The Morgan fingerprint density at radius 2 is 1.62 bits per heavy atom. The molecular formula is C22H33N5O2. The molecule has 7 nitrogen and oxygen atoms in total. The van der Waals surface area contributed by atoms with Crippen LogP contribution in [-0.4, -0.2) is 90.4 Å². The van der Waals surface area contributed by atoms with Gasteiger partial charge in [-0.1, -0.05) is 6.07 Å². The number of aromatic nitrogens is 1. The van der Waals surface area contributed by atoms with Crippen molar-refractivity contribution in [1.82, 2.24) is 19.7 Å². The molecule has 0 aromatic carbocycles. The first kappa shape index (κ1) is 20.1. The molecule has 0 spiro atoms. The summed E-state index contributed by atoms with van der Waals surface area (Å²) in [5, 5.41) is 0.